The summed E-state index contributed by atoms with van der Waals surface area (Å²) < 4.78 is 73.2. The number of hydrogen-bond acceptors (Lipinski definition) is 3. The van der Waals surface area contributed by atoms with Crippen LogP contribution in [0.2, 0.25) is 0 Å². The van der Waals surface area contributed by atoms with Crippen LogP contribution in [0.15, 0.2) is 42.5 Å². The molecule has 0 aliphatic heterocycles. The molecule has 3 rings (SSSR count). The molecule has 2 N–H and O–H groups in total. The van der Waals surface area contributed by atoms with Crippen LogP contribution in [-0.4, -0.2) is 24.5 Å². The number of nitrogens with one attached hydrogen (secondary N) is 2. The van der Waals surface area contributed by atoms with Gasteiger partial charge in [-0.3, -0.25) is 0 Å². The normalized spacial score (nSPS) is 19.0. The third kappa shape index (κ3) is 7.09. The van der Waals surface area contributed by atoms with Crippen LogP contribution in [0.1, 0.15) is 31.2 Å². The number of carbonyl (C=O) groups excluding carboxylic acids is 1. The molecule has 0 unspecified atom stereocenters. The number of benzene rings is 2. The molecule has 0 heterocycles. The Morgan fingerprint density at radius 3 is 2.16 bits per heavy atom. The van der Waals surface area contributed by atoms with E-state index in [0.717, 1.165) is 12.1 Å². The molecule has 1 fully saturated rings. The summed E-state index contributed by atoms with van der Waals surface area (Å²) in [6.45, 7) is -0.157. The maximum Gasteiger partial charge on any atom is 0.573 e. The molecular formula is C21H21F5N2O3. The molecule has 1 saturated carbocycles. The quantitative estimate of drug-likeness (QED) is 0.578. The first-order valence-corrected chi connectivity index (χ1v) is 9.67. The third-order valence-corrected chi connectivity index (χ3v) is 4.88. The van der Waals surface area contributed by atoms with Crippen molar-refractivity contribution < 1.29 is 36.2 Å². The molecular weight excluding hydrogens is 423 g/mol. The molecule has 2 aromatic rings. The molecule has 5 nitrogen and oxygen atoms in total. The lowest BCUT2D eigenvalue weighted by Crippen LogP contribution is -2.41. The van der Waals surface area contributed by atoms with Gasteiger partial charge in [0.05, 0.1) is 12.7 Å². The van der Waals surface area contributed by atoms with E-state index < -0.39 is 24.0 Å². The van der Waals surface area contributed by atoms with Crippen LogP contribution in [0.5, 0.6) is 5.75 Å². The van der Waals surface area contributed by atoms with Crippen LogP contribution in [0.4, 0.5) is 32.4 Å². The fourth-order valence-corrected chi connectivity index (χ4v) is 3.34. The SMILES string of the molecule is O=C(Nc1ccc(OC(F)(F)F)cc1)N[C@H]1CC[C@H](OCc2c(F)cccc2F)CC1. The molecule has 0 radical (unpaired) electrons. The number of hydrogen-bond donors (Lipinski definition) is 2. The van der Waals surface area contributed by atoms with Crippen molar-refractivity contribution in [2.24, 2.45) is 0 Å². The van der Waals surface area contributed by atoms with Crippen molar-refractivity contribution in [2.45, 2.75) is 50.8 Å². The summed E-state index contributed by atoms with van der Waals surface area (Å²) in [4.78, 5) is 12.1. The van der Waals surface area contributed by atoms with E-state index in [9.17, 15) is 26.7 Å². The maximum atomic E-state index is 13.7. The highest BCUT2D eigenvalue weighted by Crippen LogP contribution is 2.25. The van der Waals surface area contributed by atoms with Gasteiger partial charge in [-0.25, -0.2) is 13.6 Å². The van der Waals surface area contributed by atoms with Crippen molar-refractivity contribution in [3.63, 3.8) is 0 Å². The number of urea groups is 1. The van der Waals surface area contributed by atoms with E-state index in [0.29, 0.717) is 31.4 Å². The summed E-state index contributed by atoms with van der Waals surface area (Å²) in [5.41, 5.74) is 0.213. The molecule has 168 valence electrons. The van der Waals surface area contributed by atoms with Gasteiger partial charge in [0.25, 0.3) is 0 Å². The first kappa shape index (κ1) is 22.8. The van der Waals surface area contributed by atoms with Gasteiger partial charge < -0.3 is 20.1 Å². The minimum absolute atomic E-state index is 0.103. The fraction of sp³-hybridized carbons (Fsp3) is 0.381. The van der Waals surface area contributed by atoms with Gasteiger partial charge in [0.15, 0.2) is 0 Å². The predicted octanol–water partition coefficient (Wildman–Crippen LogP) is 5.51. The van der Waals surface area contributed by atoms with Crippen LogP contribution in [0.3, 0.4) is 0 Å². The zero-order valence-electron chi connectivity index (χ0n) is 16.3. The largest absolute Gasteiger partial charge is 0.573 e. The summed E-state index contributed by atoms with van der Waals surface area (Å²) in [6.07, 6.45) is -2.47. The highest BCUT2D eigenvalue weighted by atomic mass is 19.4. The van der Waals surface area contributed by atoms with Crippen molar-refractivity contribution in [1.29, 1.82) is 0 Å². The number of ether oxygens (including phenoxy) is 2. The Morgan fingerprint density at radius 1 is 0.968 bits per heavy atom. The zero-order chi connectivity index (χ0) is 22.4. The van der Waals surface area contributed by atoms with Crippen molar-refractivity contribution in [3.8, 4) is 5.75 Å². The first-order valence-electron chi connectivity index (χ1n) is 9.67. The highest BCUT2D eigenvalue weighted by Gasteiger charge is 2.31. The molecule has 31 heavy (non-hydrogen) atoms. The molecule has 0 saturated heterocycles. The van der Waals surface area contributed by atoms with Crippen LogP contribution in [0.25, 0.3) is 0 Å². The zero-order valence-corrected chi connectivity index (χ0v) is 16.3. The number of rotatable bonds is 6. The van der Waals surface area contributed by atoms with Gasteiger partial charge in [-0.2, -0.15) is 0 Å². The Morgan fingerprint density at radius 2 is 1.58 bits per heavy atom. The summed E-state index contributed by atoms with van der Waals surface area (Å²) in [5, 5.41) is 5.34. The summed E-state index contributed by atoms with van der Waals surface area (Å²) >= 11 is 0. The smallest absolute Gasteiger partial charge is 0.406 e. The topological polar surface area (TPSA) is 59.6 Å². The number of anilines is 1. The number of carbonyl (C=O) groups is 1. The predicted molar refractivity (Wildman–Crippen MR) is 102 cm³/mol. The average Bonchev–Trinajstić information content (AvgIpc) is 2.69. The molecule has 0 spiro atoms. The van der Waals surface area contributed by atoms with Crippen LogP contribution < -0.4 is 15.4 Å². The van der Waals surface area contributed by atoms with Crippen molar-refractivity contribution >= 4 is 11.7 Å². The number of amides is 2. The van der Waals surface area contributed by atoms with Gasteiger partial charge in [-0.1, -0.05) is 6.07 Å². The van der Waals surface area contributed by atoms with Gasteiger partial charge in [-0.05, 0) is 62.1 Å². The molecule has 1 aliphatic rings. The Labute approximate surface area is 175 Å². The molecule has 2 aromatic carbocycles. The monoisotopic (exact) mass is 444 g/mol. The number of alkyl halides is 3. The summed E-state index contributed by atoms with van der Waals surface area (Å²) in [5.74, 6) is -1.68. The van der Waals surface area contributed by atoms with Gasteiger partial charge in [0.1, 0.15) is 17.4 Å². The van der Waals surface area contributed by atoms with E-state index in [2.05, 4.69) is 15.4 Å². The van der Waals surface area contributed by atoms with E-state index in [-0.39, 0.29) is 30.1 Å². The minimum Gasteiger partial charge on any atom is -0.406 e. The molecule has 10 heteroatoms. The second-order valence-corrected chi connectivity index (χ2v) is 7.16. The van der Waals surface area contributed by atoms with E-state index in [1.54, 1.807) is 0 Å². The molecule has 0 bridgehead atoms. The Kier molecular flexibility index (Phi) is 7.32. The fourth-order valence-electron chi connectivity index (χ4n) is 3.34. The summed E-state index contributed by atoms with van der Waals surface area (Å²) in [6, 6.07) is 7.85. The van der Waals surface area contributed by atoms with Crippen LogP contribution in [0, 0.1) is 11.6 Å². The van der Waals surface area contributed by atoms with Gasteiger partial charge >= 0.3 is 12.4 Å². The van der Waals surface area contributed by atoms with E-state index in [1.807, 2.05) is 0 Å². The van der Waals surface area contributed by atoms with Crippen LogP contribution >= 0.6 is 0 Å². The van der Waals surface area contributed by atoms with Crippen molar-refractivity contribution in [1.82, 2.24) is 5.32 Å². The van der Waals surface area contributed by atoms with Gasteiger partial charge in [-0.15, -0.1) is 13.2 Å². The van der Waals surface area contributed by atoms with Gasteiger partial charge in [0, 0.05) is 17.3 Å². The Bertz CT molecular complexity index is 861. The molecule has 0 atom stereocenters. The highest BCUT2D eigenvalue weighted by molar-refractivity contribution is 5.89. The van der Waals surface area contributed by atoms with Crippen molar-refractivity contribution in [2.75, 3.05) is 5.32 Å². The standard InChI is InChI=1S/C21H21F5N2O3/c22-18-2-1-3-19(23)17(18)12-30-15-8-4-13(5-9-15)27-20(29)28-14-6-10-16(11-7-14)31-21(24,25)26/h1-3,6-7,10-11,13,15H,4-5,8-9,12H2,(H2,27,28,29)/t13-,15-. The molecule has 2 amide bonds. The second kappa shape index (κ2) is 9.95. The van der Waals surface area contributed by atoms with Crippen molar-refractivity contribution in [3.05, 3.63) is 59.7 Å². The van der Waals surface area contributed by atoms with Gasteiger partial charge in [0.2, 0.25) is 0 Å². The third-order valence-electron chi connectivity index (χ3n) is 4.88. The van der Waals surface area contributed by atoms with E-state index in [4.69, 9.17) is 4.74 Å². The number of halogens is 5. The molecule has 1 aliphatic carbocycles. The van der Waals surface area contributed by atoms with E-state index >= 15 is 0 Å². The lowest BCUT2D eigenvalue weighted by atomic mass is 9.93. The Balaban J connectivity index is 1.40. The minimum atomic E-state index is -4.78. The second-order valence-electron chi connectivity index (χ2n) is 7.16. The average molecular weight is 444 g/mol. The lowest BCUT2D eigenvalue weighted by molar-refractivity contribution is -0.274. The van der Waals surface area contributed by atoms with E-state index in [1.165, 1.54) is 30.3 Å². The van der Waals surface area contributed by atoms with Crippen LogP contribution in [-0.2, 0) is 11.3 Å². The summed E-state index contributed by atoms with van der Waals surface area (Å²) in [7, 11) is 0. The Hall–Kier alpha value is -2.88. The lowest BCUT2D eigenvalue weighted by Gasteiger charge is -2.29. The molecule has 0 aromatic heterocycles. The maximum absolute atomic E-state index is 13.7. The first-order chi connectivity index (χ1) is 14.7.